The van der Waals surface area contributed by atoms with Crippen LogP contribution in [-0.2, 0) is 0 Å². The van der Waals surface area contributed by atoms with E-state index in [9.17, 15) is 4.79 Å². The van der Waals surface area contributed by atoms with Gasteiger partial charge in [0, 0.05) is 15.5 Å². The summed E-state index contributed by atoms with van der Waals surface area (Å²) >= 11 is 1.64. The number of carbonyl (C=O) groups excluding carboxylic acids is 1. The molecule has 1 aliphatic rings. The van der Waals surface area contributed by atoms with Crippen LogP contribution in [0.15, 0.2) is 88.7 Å². The Morgan fingerprint density at radius 2 is 1.32 bits per heavy atom. The second-order valence-corrected chi connectivity index (χ2v) is 6.13. The third-order valence-corrected chi connectivity index (χ3v) is 4.80. The van der Waals surface area contributed by atoms with Gasteiger partial charge in [0.2, 0.25) is 0 Å². The third-order valence-electron chi connectivity index (χ3n) is 3.66. The Labute approximate surface area is 133 Å². The Morgan fingerprint density at radius 3 is 2.14 bits per heavy atom. The first kappa shape index (κ1) is 13.2. The zero-order valence-electron chi connectivity index (χ0n) is 11.8. The summed E-state index contributed by atoms with van der Waals surface area (Å²) in [6.07, 6.45) is 0. The molecule has 3 aromatic rings. The molecule has 22 heavy (non-hydrogen) atoms. The number of anilines is 2. The maximum atomic E-state index is 13.1. The number of para-hydroxylation sites is 2. The van der Waals surface area contributed by atoms with Crippen LogP contribution in [0.3, 0.4) is 0 Å². The fourth-order valence-corrected chi connectivity index (χ4v) is 3.70. The number of carbonyl (C=O) groups is 1. The SMILES string of the molecule is O=C1c2ccccc2Sc2ccccc2N1c1ccccc1. The van der Waals surface area contributed by atoms with Crippen LogP contribution in [0.25, 0.3) is 0 Å². The molecule has 3 aromatic carbocycles. The summed E-state index contributed by atoms with van der Waals surface area (Å²) < 4.78 is 0. The second-order valence-electron chi connectivity index (χ2n) is 5.04. The van der Waals surface area contributed by atoms with Crippen molar-refractivity contribution in [1.29, 1.82) is 0 Å². The van der Waals surface area contributed by atoms with Crippen molar-refractivity contribution in [2.75, 3.05) is 4.90 Å². The van der Waals surface area contributed by atoms with E-state index in [2.05, 4.69) is 6.07 Å². The maximum absolute atomic E-state index is 13.1. The predicted octanol–water partition coefficient (Wildman–Crippen LogP) is 5.13. The molecule has 0 bridgehead atoms. The van der Waals surface area contributed by atoms with Crippen LogP contribution < -0.4 is 4.90 Å². The van der Waals surface area contributed by atoms with E-state index in [1.807, 2.05) is 72.8 Å². The number of rotatable bonds is 1. The van der Waals surface area contributed by atoms with Crippen LogP contribution in [0.5, 0.6) is 0 Å². The van der Waals surface area contributed by atoms with Gasteiger partial charge in [-0.05, 0) is 36.4 Å². The van der Waals surface area contributed by atoms with E-state index in [-0.39, 0.29) is 5.91 Å². The van der Waals surface area contributed by atoms with E-state index in [0.717, 1.165) is 26.7 Å². The topological polar surface area (TPSA) is 20.3 Å². The second kappa shape index (κ2) is 5.35. The average molecular weight is 303 g/mol. The average Bonchev–Trinajstić information content (AvgIpc) is 2.70. The highest BCUT2D eigenvalue weighted by Crippen LogP contribution is 2.43. The lowest BCUT2D eigenvalue weighted by Crippen LogP contribution is -2.25. The first-order valence-electron chi connectivity index (χ1n) is 7.10. The van der Waals surface area contributed by atoms with Crippen LogP contribution >= 0.6 is 11.8 Å². The monoisotopic (exact) mass is 303 g/mol. The first-order valence-corrected chi connectivity index (χ1v) is 7.92. The number of nitrogens with zero attached hydrogens (tertiary/aromatic N) is 1. The van der Waals surface area contributed by atoms with Crippen molar-refractivity contribution >= 4 is 29.0 Å². The molecule has 2 nitrogen and oxygen atoms in total. The van der Waals surface area contributed by atoms with E-state index < -0.39 is 0 Å². The quantitative estimate of drug-likeness (QED) is 0.621. The molecule has 0 saturated carbocycles. The Morgan fingerprint density at radius 1 is 0.682 bits per heavy atom. The molecule has 106 valence electrons. The third kappa shape index (κ3) is 2.11. The van der Waals surface area contributed by atoms with Crippen LogP contribution in [0.2, 0.25) is 0 Å². The van der Waals surface area contributed by atoms with Gasteiger partial charge < -0.3 is 0 Å². The van der Waals surface area contributed by atoms with Gasteiger partial charge in [-0.15, -0.1) is 0 Å². The highest BCUT2D eigenvalue weighted by atomic mass is 32.2. The number of hydrogen-bond acceptors (Lipinski definition) is 2. The summed E-state index contributed by atoms with van der Waals surface area (Å²) in [4.78, 5) is 17.0. The van der Waals surface area contributed by atoms with Crippen LogP contribution in [0.1, 0.15) is 10.4 Å². The molecule has 1 aliphatic heterocycles. The fraction of sp³-hybridized carbons (Fsp3) is 0. The maximum Gasteiger partial charge on any atom is 0.264 e. The Hall–Kier alpha value is -2.52. The molecule has 3 heteroatoms. The number of benzene rings is 3. The zero-order valence-corrected chi connectivity index (χ0v) is 12.6. The highest BCUT2D eigenvalue weighted by Gasteiger charge is 2.27. The Bertz CT molecular complexity index is 845. The molecule has 0 unspecified atom stereocenters. The van der Waals surface area contributed by atoms with Crippen molar-refractivity contribution in [1.82, 2.24) is 0 Å². The van der Waals surface area contributed by atoms with E-state index in [0.29, 0.717) is 0 Å². The minimum Gasteiger partial charge on any atom is -0.276 e. The summed E-state index contributed by atoms with van der Waals surface area (Å²) in [6, 6.07) is 25.6. The van der Waals surface area contributed by atoms with E-state index >= 15 is 0 Å². The predicted molar refractivity (Wildman–Crippen MR) is 89.9 cm³/mol. The van der Waals surface area contributed by atoms with Crippen molar-refractivity contribution in [2.45, 2.75) is 9.79 Å². The van der Waals surface area contributed by atoms with Crippen molar-refractivity contribution in [3.63, 3.8) is 0 Å². The lowest BCUT2D eigenvalue weighted by Gasteiger charge is -2.23. The van der Waals surface area contributed by atoms with Gasteiger partial charge in [-0.2, -0.15) is 0 Å². The van der Waals surface area contributed by atoms with Gasteiger partial charge in [0.25, 0.3) is 5.91 Å². The summed E-state index contributed by atoms with van der Waals surface area (Å²) in [7, 11) is 0. The van der Waals surface area contributed by atoms with Crippen molar-refractivity contribution in [3.8, 4) is 0 Å². The zero-order chi connectivity index (χ0) is 14.9. The lowest BCUT2D eigenvalue weighted by atomic mass is 10.1. The summed E-state index contributed by atoms with van der Waals surface area (Å²) in [5.74, 6) is 0.0132. The molecule has 0 spiro atoms. The molecular formula is C19H13NOS. The Kier molecular flexibility index (Phi) is 3.20. The fourth-order valence-electron chi connectivity index (χ4n) is 2.64. The first-order chi connectivity index (χ1) is 10.8. The molecule has 0 saturated heterocycles. The molecule has 0 aliphatic carbocycles. The number of fused-ring (bicyclic) bond motifs is 2. The number of hydrogen-bond donors (Lipinski definition) is 0. The Balaban J connectivity index is 1.98. The largest absolute Gasteiger partial charge is 0.276 e. The molecular weight excluding hydrogens is 290 g/mol. The minimum atomic E-state index is 0.0132. The van der Waals surface area contributed by atoms with E-state index in [4.69, 9.17) is 0 Å². The van der Waals surface area contributed by atoms with Crippen molar-refractivity contribution in [2.24, 2.45) is 0 Å². The molecule has 4 rings (SSSR count). The normalized spacial score (nSPS) is 13.3. The summed E-state index contributed by atoms with van der Waals surface area (Å²) in [6.45, 7) is 0. The highest BCUT2D eigenvalue weighted by molar-refractivity contribution is 7.99. The molecule has 1 amide bonds. The van der Waals surface area contributed by atoms with E-state index in [1.54, 1.807) is 16.7 Å². The van der Waals surface area contributed by atoms with Crippen LogP contribution in [0, 0.1) is 0 Å². The molecule has 0 N–H and O–H groups in total. The number of amides is 1. The lowest BCUT2D eigenvalue weighted by molar-refractivity contribution is 0.0996. The standard InChI is InChI=1S/C19H13NOS/c21-19-15-10-4-6-12-17(15)22-18-13-7-5-11-16(18)20(19)14-8-2-1-3-9-14/h1-13H. The van der Waals surface area contributed by atoms with Crippen molar-refractivity contribution < 1.29 is 4.79 Å². The van der Waals surface area contributed by atoms with Gasteiger partial charge in [-0.3, -0.25) is 9.69 Å². The molecule has 0 fully saturated rings. The molecule has 0 aromatic heterocycles. The van der Waals surface area contributed by atoms with Gasteiger partial charge >= 0.3 is 0 Å². The van der Waals surface area contributed by atoms with E-state index in [1.165, 1.54) is 0 Å². The summed E-state index contributed by atoms with van der Waals surface area (Å²) in [5, 5.41) is 0. The van der Waals surface area contributed by atoms with Crippen LogP contribution in [0.4, 0.5) is 11.4 Å². The minimum absolute atomic E-state index is 0.0132. The van der Waals surface area contributed by atoms with Crippen LogP contribution in [-0.4, -0.2) is 5.91 Å². The van der Waals surface area contributed by atoms with Gasteiger partial charge in [-0.1, -0.05) is 54.2 Å². The van der Waals surface area contributed by atoms with Gasteiger partial charge in [-0.25, -0.2) is 0 Å². The smallest absolute Gasteiger partial charge is 0.264 e. The molecule has 1 heterocycles. The van der Waals surface area contributed by atoms with Gasteiger partial charge in [0.1, 0.15) is 0 Å². The molecule has 0 radical (unpaired) electrons. The van der Waals surface area contributed by atoms with Gasteiger partial charge in [0.15, 0.2) is 0 Å². The summed E-state index contributed by atoms with van der Waals surface area (Å²) in [5.41, 5.74) is 2.56. The molecule has 0 atom stereocenters. The van der Waals surface area contributed by atoms with Gasteiger partial charge in [0.05, 0.1) is 11.3 Å². The van der Waals surface area contributed by atoms with Crippen molar-refractivity contribution in [3.05, 3.63) is 84.4 Å².